The third-order valence-electron chi connectivity index (χ3n) is 3.72. The largest absolute Gasteiger partial charge is 0.384 e. The molecular weight excluding hydrogens is 228 g/mol. The van der Waals surface area contributed by atoms with E-state index >= 15 is 0 Å². The van der Waals surface area contributed by atoms with E-state index in [4.69, 9.17) is 10.5 Å². The van der Waals surface area contributed by atoms with Gasteiger partial charge >= 0.3 is 0 Å². The molecule has 1 fully saturated rings. The Balaban J connectivity index is 2.42. The second kappa shape index (κ2) is 7.74. The molecule has 0 bridgehead atoms. The zero-order valence-electron chi connectivity index (χ0n) is 12.0. The quantitative estimate of drug-likeness (QED) is 0.783. The van der Waals surface area contributed by atoms with Gasteiger partial charge in [-0.25, -0.2) is 0 Å². The molecule has 18 heavy (non-hydrogen) atoms. The van der Waals surface area contributed by atoms with E-state index in [9.17, 15) is 4.79 Å². The van der Waals surface area contributed by atoms with Crippen LogP contribution in [0.2, 0.25) is 0 Å². The van der Waals surface area contributed by atoms with Crippen molar-refractivity contribution in [2.75, 3.05) is 33.4 Å². The van der Waals surface area contributed by atoms with Crippen molar-refractivity contribution < 1.29 is 9.53 Å². The Bertz CT molecular complexity index is 248. The molecule has 1 atom stereocenters. The summed E-state index contributed by atoms with van der Waals surface area (Å²) in [6.45, 7) is 7.29. The fourth-order valence-corrected chi connectivity index (χ4v) is 2.68. The van der Waals surface area contributed by atoms with Gasteiger partial charge in [-0.2, -0.15) is 0 Å². The van der Waals surface area contributed by atoms with Gasteiger partial charge in [0.2, 0.25) is 5.91 Å². The number of methoxy groups -OCH3 is 1. The fourth-order valence-electron chi connectivity index (χ4n) is 2.68. The summed E-state index contributed by atoms with van der Waals surface area (Å²) in [6.07, 6.45) is 3.00. The molecule has 0 aliphatic carbocycles. The van der Waals surface area contributed by atoms with Crippen molar-refractivity contribution in [2.24, 2.45) is 23.5 Å². The van der Waals surface area contributed by atoms with Crippen LogP contribution in [0.3, 0.4) is 0 Å². The molecule has 0 unspecified atom stereocenters. The van der Waals surface area contributed by atoms with Crippen LogP contribution in [-0.4, -0.2) is 44.2 Å². The van der Waals surface area contributed by atoms with Crippen LogP contribution in [0.5, 0.6) is 0 Å². The molecule has 1 heterocycles. The summed E-state index contributed by atoms with van der Waals surface area (Å²) in [5.74, 6) is 1.39. The highest BCUT2D eigenvalue weighted by molar-refractivity contribution is 5.79. The normalized spacial score (nSPS) is 19.3. The number of piperidine rings is 1. The Morgan fingerprint density at radius 3 is 2.44 bits per heavy atom. The SMILES string of the molecule is COCC1CCN(C(=O)[C@H](CN)CC(C)C)CC1. The molecule has 0 aromatic carbocycles. The highest BCUT2D eigenvalue weighted by Crippen LogP contribution is 2.21. The fraction of sp³-hybridized carbons (Fsp3) is 0.929. The van der Waals surface area contributed by atoms with Crippen molar-refractivity contribution in [1.82, 2.24) is 4.90 Å². The second-order valence-electron chi connectivity index (χ2n) is 5.79. The number of nitrogens with two attached hydrogens (primary N) is 1. The Morgan fingerprint density at radius 2 is 2.00 bits per heavy atom. The van der Waals surface area contributed by atoms with Gasteiger partial charge in [0.1, 0.15) is 0 Å². The van der Waals surface area contributed by atoms with Gasteiger partial charge in [0, 0.05) is 33.4 Å². The van der Waals surface area contributed by atoms with E-state index in [0.717, 1.165) is 39.0 Å². The molecule has 1 aliphatic rings. The molecule has 1 amide bonds. The van der Waals surface area contributed by atoms with E-state index < -0.39 is 0 Å². The monoisotopic (exact) mass is 256 g/mol. The van der Waals surface area contributed by atoms with Crippen LogP contribution < -0.4 is 5.73 Å². The lowest BCUT2D eigenvalue weighted by molar-refractivity contribution is -0.137. The summed E-state index contributed by atoms with van der Waals surface area (Å²) in [7, 11) is 1.74. The average molecular weight is 256 g/mol. The second-order valence-corrected chi connectivity index (χ2v) is 5.79. The van der Waals surface area contributed by atoms with Crippen LogP contribution in [0, 0.1) is 17.8 Å². The van der Waals surface area contributed by atoms with Crippen molar-refractivity contribution >= 4 is 5.91 Å². The van der Waals surface area contributed by atoms with Crippen molar-refractivity contribution in [3.05, 3.63) is 0 Å². The smallest absolute Gasteiger partial charge is 0.226 e. The number of nitrogens with zero attached hydrogens (tertiary/aromatic N) is 1. The first-order valence-electron chi connectivity index (χ1n) is 7.06. The topological polar surface area (TPSA) is 55.6 Å². The lowest BCUT2D eigenvalue weighted by Crippen LogP contribution is -2.44. The molecule has 0 saturated carbocycles. The summed E-state index contributed by atoms with van der Waals surface area (Å²) in [5.41, 5.74) is 5.74. The van der Waals surface area contributed by atoms with Gasteiger partial charge in [-0.1, -0.05) is 13.8 Å². The van der Waals surface area contributed by atoms with Crippen molar-refractivity contribution in [2.45, 2.75) is 33.1 Å². The first-order valence-corrected chi connectivity index (χ1v) is 7.06. The molecule has 0 spiro atoms. The zero-order valence-corrected chi connectivity index (χ0v) is 12.0. The van der Waals surface area contributed by atoms with E-state index in [0.29, 0.717) is 18.4 Å². The minimum atomic E-state index is 0.00368. The summed E-state index contributed by atoms with van der Waals surface area (Å²) < 4.78 is 5.17. The maximum Gasteiger partial charge on any atom is 0.226 e. The Kier molecular flexibility index (Phi) is 6.65. The minimum absolute atomic E-state index is 0.00368. The first kappa shape index (κ1) is 15.4. The van der Waals surface area contributed by atoms with Crippen LogP contribution in [0.25, 0.3) is 0 Å². The lowest BCUT2D eigenvalue weighted by atomic mass is 9.93. The van der Waals surface area contributed by atoms with Crippen LogP contribution in [0.1, 0.15) is 33.1 Å². The molecule has 0 aromatic heterocycles. The predicted octanol–water partition coefficient (Wildman–Crippen LogP) is 1.49. The molecule has 4 nitrogen and oxygen atoms in total. The molecule has 4 heteroatoms. The molecule has 2 N–H and O–H groups in total. The number of carbonyl (C=O) groups is 1. The van der Waals surface area contributed by atoms with Crippen molar-refractivity contribution in [1.29, 1.82) is 0 Å². The number of hydrogen-bond acceptors (Lipinski definition) is 3. The molecule has 0 radical (unpaired) electrons. The third kappa shape index (κ3) is 4.58. The molecule has 0 aromatic rings. The van der Waals surface area contributed by atoms with E-state index in [1.54, 1.807) is 7.11 Å². The van der Waals surface area contributed by atoms with Gasteiger partial charge in [-0.3, -0.25) is 4.79 Å². The van der Waals surface area contributed by atoms with E-state index in [1.165, 1.54) is 0 Å². The standard InChI is InChI=1S/C14H28N2O2/c1-11(2)8-13(9-15)14(17)16-6-4-12(5-7-16)10-18-3/h11-13H,4-10,15H2,1-3H3/t13-/m0/s1. The van der Waals surface area contributed by atoms with Gasteiger partial charge in [0.25, 0.3) is 0 Å². The Morgan fingerprint density at radius 1 is 1.39 bits per heavy atom. The molecule has 1 rings (SSSR count). The average Bonchev–Trinajstić information content (AvgIpc) is 2.36. The van der Waals surface area contributed by atoms with Crippen LogP contribution in [0.4, 0.5) is 0 Å². The summed E-state index contributed by atoms with van der Waals surface area (Å²) in [5, 5.41) is 0. The molecule has 106 valence electrons. The number of carbonyl (C=O) groups excluding carboxylic acids is 1. The number of hydrogen-bond donors (Lipinski definition) is 1. The Labute approximate surface area is 111 Å². The van der Waals surface area contributed by atoms with E-state index in [-0.39, 0.29) is 11.8 Å². The van der Waals surface area contributed by atoms with Crippen molar-refractivity contribution in [3.63, 3.8) is 0 Å². The van der Waals surface area contributed by atoms with Gasteiger partial charge in [-0.15, -0.1) is 0 Å². The van der Waals surface area contributed by atoms with Crippen LogP contribution in [-0.2, 0) is 9.53 Å². The summed E-state index contributed by atoms with van der Waals surface area (Å²) in [4.78, 5) is 14.3. The maximum absolute atomic E-state index is 12.3. The van der Waals surface area contributed by atoms with Gasteiger partial charge in [0.15, 0.2) is 0 Å². The minimum Gasteiger partial charge on any atom is -0.384 e. The van der Waals surface area contributed by atoms with E-state index in [1.807, 2.05) is 4.90 Å². The molecule has 1 saturated heterocycles. The van der Waals surface area contributed by atoms with Gasteiger partial charge in [-0.05, 0) is 31.1 Å². The van der Waals surface area contributed by atoms with Crippen LogP contribution >= 0.6 is 0 Å². The summed E-state index contributed by atoms with van der Waals surface area (Å²) in [6, 6.07) is 0. The number of amides is 1. The summed E-state index contributed by atoms with van der Waals surface area (Å²) >= 11 is 0. The Hall–Kier alpha value is -0.610. The number of likely N-dealkylation sites (tertiary alicyclic amines) is 1. The number of ether oxygens (including phenoxy) is 1. The van der Waals surface area contributed by atoms with Crippen LogP contribution in [0.15, 0.2) is 0 Å². The highest BCUT2D eigenvalue weighted by Gasteiger charge is 2.27. The zero-order chi connectivity index (χ0) is 13.5. The predicted molar refractivity (Wildman–Crippen MR) is 73.2 cm³/mol. The van der Waals surface area contributed by atoms with E-state index in [2.05, 4.69) is 13.8 Å². The highest BCUT2D eigenvalue weighted by atomic mass is 16.5. The first-order chi connectivity index (χ1) is 8.58. The molecular formula is C14H28N2O2. The van der Waals surface area contributed by atoms with Gasteiger partial charge < -0.3 is 15.4 Å². The van der Waals surface area contributed by atoms with Crippen molar-refractivity contribution in [3.8, 4) is 0 Å². The third-order valence-corrected chi connectivity index (χ3v) is 3.72. The lowest BCUT2D eigenvalue weighted by Gasteiger charge is -2.34. The molecule has 1 aliphatic heterocycles. The maximum atomic E-state index is 12.3. The van der Waals surface area contributed by atoms with Gasteiger partial charge in [0.05, 0.1) is 5.92 Å². The number of rotatable bonds is 6.